The molecule has 1 aromatic heterocycles. The van der Waals surface area contributed by atoms with Crippen molar-refractivity contribution in [3.8, 4) is 5.75 Å². The summed E-state index contributed by atoms with van der Waals surface area (Å²) in [4.78, 5) is 3.37. The van der Waals surface area contributed by atoms with Gasteiger partial charge in [0.25, 0.3) is 0 Å². The zero-order valence-electron chi connectivity index (χ0n) is 5.52. The molecule has 0 saturated heterocycles. The largest absolute Gasteiger partial charge is 0.573 e. The van der Waals surface area contributed by atoms with E-state index in [-0.39, 0.29) is 5.15 Å². The number of aromatic nitrogens is 1. The molecule has 0 aliphatic carbocycles. The van der Waals surface area contributed by atoms with Crippen LogP contribution in [0.5, 0.6) is 5.75 Å². The lowest BCUT2D eigenvalue weighted by molar-refractivity contribution is -0.274. The average molecular weight is 197 g/mol. The fourth-order valence-corrected chi connectivity index (χ4v) is 0.609. The monoisotopic (exact) mass is 196 g/mol. The summed E-state index contributed by atoms with van der Waals surface area (Å²) in [5, 5.41) is 0.0597. The van der Waals surface area contributed by atoms with Crippen LogP contribution in [-0.2, 0) is 0 Å². The summed E-state index contributed by atoms with van der Waals surface area (Å²) in [6.07, 6.45) is -3.87. The van der Waals surface area contributed by atoms with Gasteiger partial charge in [0.05, 0.1) is 6.20 Å². The first-order valence-electron chi connectivity index (χ1n) is 2.76. The molecule has 1 rings (SSSR count). The van der Waals surface area contributed by atoms with Gasteiger partial charge in [0.2, 0.25) is 0 Å². The molecule has 0 aliphatic rings. The molecular formula is C6H2ClF3NO. The third-order valence-electron chi connectivity index (χ3n) is 0.864. The van der Waals surface area contributed by atoms with Gasteiger partial charge in [-0.15, -0.1) is 13.2 Å². The maximum absolute atomic E-state index is 11.5. The van der Waals surface area contributed by atoms with Crippen LogP contribution in [0.15, 0.2) is 12.3 Å². The minimum Gasteiger partial charge on any atom is -0.403 e. The summed E-state index contributed by atoms with van der Waals surface area (Å²) in [6.45, 7) is 0. The lowest BCUT2D eigenvalue weighted by atomic mass is 10.5. The normalized spacial score (nSPS) is 11.3. The Kier molecular flexibility index (Phi) is 2.42. The Bertz CT molecular complexity index is 258. The Balaban J connectivity index is 2.71. The van der Waals surface area contributed by atoms with Crippen LogP contribution in [0, 0.1) is 6.07 Å². The van der Waals surface area contributed by atoms with Crippen molar-refractivity contribution in [2.45, 2.75) is 6.36 Å². The highest BCUT2D eigenvalue weighted by Crippen LogP contribution is 2.21. The van der Waals surface area contributed by atoms with E-state index < -0.39 is 12.1 Å². The summed E-state index contributed by atoms with van der Waals surface area (Å²) in [5.74, 6) is -0.507. The summed E-state index contributed by atoms with van der Waals surface area (Å²) in [5.41, 5.74) is 0. The maximum Gasteiger partial charge on any atom is 0.573 e. The molecule has 0 aliphatic heterocycles. The van der Waals surface area contributed by atoms with Gasteiger partial charge >= 0.3 is 6.36 Å². The molecule has 65 valence electrons. The van der Waals surface area contributed by atoms with E-state index in [4.69, 9.17) is 11.6 Å². The molecule has 0 fully saturated rings. The molecule has 0 N–H and O–H groups in total. The number of nitrogens with zero attached hydrogens (tertiary/aromatic N) is 1. The van der Waals surface area contributed by atoms with E-state index >= 15 is 0 Å². The van der Waals surface area contributed by atoms with Gasteiger partial charge in [0.1, 0.15) is 5.15 Å². The third-order valence-corrected chi connectivity index (χ3v) is 1.07. The van der Waals surface area contributed by atoms with Gasteiger partial charge in [0.15, 0.2) is 5.75 Å². The van der Waals surface area contributed by atoms with E-state index in [0.717, 1.165) is 12.3 Å². The van der Waals surface area contributed by atoms with Crippen LogP contribution in [0.3, 0.4) is 0 Å². The lowest BCUT2D eigenvalue weighted by Crippen LogP contribution is -2.17. The second kappa shape index (κ2) is 3.18. The number of ether oxygens (including phenoxy) is 1. The predicted octanol–water partition coefficient (Wildman–Crippen LogP) is 2.43. The van der Waals surface area contributed by atoms with Gasteiger partial charge in [-0.25, -0.2) is 4.98 Å². The Morgan fingerprint density at radius 1 is 1.50 bits per heavy atom. The second-order valence-electron chi connectivity index (χ2n) is 1.78. The maximum atomic E-state index is 11.5. The number of hydrogen-bond donors (Lipinski definition) is 0. The van der Waals surface area contributed by atoms with Crippen LogP contribution in [0.4, 0.5) is 13.2 Å². The molecule has 0 saturated carbocycles. The smallest absolute Gasteiger partial charge is 0.403 e. The number of halogens is 4. The molecule has 0 atom stereocenters. The Morgan fingerprint density at radius 3 is 2.58 bits per heavy atom. The first kappa shape index (κ1) is 9.12. The van der Waals surface area contributed by atoms with Gasteiger partial charge < -0.3 is 4.74 Å². The van der Waals surface area contributed by atoms with E-state index in [9.17, 15) is 13.2 Å². The molecule has 0 amide bonds. The molecule has 0 bridgehead atoms. The van der Waals surface area contributed by atoms with Crippen molar-refractivity contribution in [1.82, 2.24) is 4.98 Å². The molecule has 12 heavy (non-hydrogen) atoms. The van der Waals surface area contributed by atoms with Gasteiger partial charge in [0, 0.05) is 6.07 Å². The third kappa shape index (κ3) is 2.96. The summed E-state index contributed by atoms with van der Waals surface area (Å²) < 4.78 is 38.1. The van der Waals surface area contributed by atoms with Crippen molar-refractivity contribution >= 4 is 11.6 Å². The molecule has 0 unspecified atom stereocenters. The SMILES string of the molecule is FC(F)(F)Oc1[c]cc(Cl)nc1. The van der Waals surface area contributed by atoms with E-state index in [0.29, 0.717) is 0 Å². The van der Waals surface area contributed by atoms with Crippen molar-refractivity contribution in [2.24, 2.45) is 0 Å². The number of hydrogen-bond acceptors (Lipinski definition) is 2. The Hall–Kier alpha value is -0.970. The van der Waals surface area contributed by atoms with E-state index in [1.807, 2.05) is 0 Å². The summed E-state index contributed by atoms with van der Waals surface area (Å²) in [6, 6.07) is 3.24. The predicted molar refractivity (Wildman–Crippen MR) is 34.8 cm³/mol. The van der Waals surface area contributed by atoms with Crippen molar-refractivity contribution in [3.63, 3.8) is 0 Å². The fourth-order valence-electron chi connectivity index (χ4n) is 0.506. The molecule has 1 heterocycles. The van der Waals surface area contributed by atoms with Gasteiger partial charge in [-0.2, -0.15) is 0 Å². The molecule has 1 radical (unpaired) electrons. The molecule has 6 heteroatoms. The van der Waals surface area contributed by atoms with Crippen LogP contribution in [0.2, 0.25) is 5.15 Å². The quantitative estimate of drug-likeness (QED) is 0.644. The van der Waals surface area contributed by atoms with Gasteiger partial charge in [-0.05, 0) is 6.07 Å². The van der Waals surface area contributed by atoms with Crippen molar-refractivity contribution in [2.75, 3.05) is 0 Å². The topological polar surface area (TPSA) is 22.1 Å². The molecule has 0 spiro atoms. The highest BCUT2D eigenvalue weighted by atomic mass is 35.5. The molecule has 0 aromatic carbocycles. The second-order valence-corrected chi connectivity index (χ2v) is 2.17. The Morgan fingerprint density at radius 2 is 2.17 bits per heavy atom. The number of rotatable bonds is 1. The minimum absolute atomic E-state index is 0.0597. The summed E-state index contributed by atoms with van der Waals surface area (Å²) in [7, 11) is 0. The lowest BCUT2D eigenvalue weighted by Gasteiger charge is -2.06. The van der Waals surface area contributed by atoms with Crippen molar-refractivity contribution in [3.05, 3.63) is 23.5 Å². The van der Waals surface area contributed by atoms with E-state index in [1.165, 1.54) is 0 Å². The van der Waals surface area contributed by atoms with Crippen molar-refractivity contribution < 1.29 is 17.9 Å². The fraction of sp³-hybridized carbons (Fsp3) is 0.167. The van der Waals surface area contributed by atoms with Crippen LogP contribution in [0.25, 0.3) is 0 Å². The average Bonchev–Trinajstić information content (AvgIpc) is 1.91. The van der Waals surface area contributed by atoms with E-state index in [1.54, 1.807) is 0 Å². The highest BCUT2D eigenvalue weighted by molar-refractivity contribution is 6.29. The number of alkyl halides is 3. The van der Waals surface area contributed by atoms with Gasteiger partial charge in [-0.1, -0.05) is 11.6 Å². The highest BCUT2D eigenvalue weighted by Gasteiger charge is 2.31. The molecular weight excluding hydrogens is 195 g/mol. The summed E-state index contributed by atoms with van der Waals surface area (Å²) >= 11 is 5.30. The number of pyridine rings is 1. The first-order valence-corrected chi connectivity index (χ1v) is 3.14. The Labute approximate surface area is 70.9 Å². The van der Waals surface area contributed by atoms with Gasteiger partial charge in [-0.3, -0.25) is 0 Å². The zero-order chi connectivity index (χ0) is 9.19. The van der Waals surface area contributed by atoms with E-state index in [2.05, 4.69) is 15.8 Å². The standard InChI is InChI=1S/C6H2ClF3NO/c7-5-2-1-4(3-11-5)12-6(8,9)10/h2-3H. The van der Waals surface area contributed by atoms with Crippen molar-refractivity contribution in [1.29, 1.82) is 0 Å². The minimum atomic E-state index is -4.72. The zero-order valence-corrected chi connectivity index (χ0v) is 6.28. The van der Waals surface area contributed by atoms with Crippen LogP contribution in [-0.4, -0.2) is 11.3 Å². The van der Waals surface area contributed by atoms with Crippen LogP contribution in [0.1, 0.15) is 0 Å². The van der Waals surface area contributed by atoms with Crippen LogP contribution >= 0.6 is 11.6 Å². The first-order chi connectivity index (χ1) is 5.47. The molecule has 2 nitrogen and oxygen atoms in total. The van der Waals surface area contributed by atoms with Crippen LogP contribution < -0.4 is 4.74 Å². The molecule has 1 aromatic rings.